The van der Waals surface area contributed by atoms with Gasteiger partial charge in [0.2, 0.25) is 47.3 Å². The Morgan fingerprint density at radius 1 is 0.719 bits per heavy atom. The van der Waals surface area contributed by atoms with Crippen LogP contribution in [-0.4, -0.2) is 160 Å². The van der Waals surface area contributed by atoms with Gasteiger partial charge in [0.1, 0.15) is 42.8 Å². The second kappa shape index (κ2) is 24.4. The van der Waals surface area contributed by atoms with E-state index in [1.165, 1.54) is 25.7 Å². The summed E-state index contributed by atoms with van der Waals surface area (Å²) >= 11 is 0. The average Bonchev–Trinajstić information content (AvgIpc) is 3.64. The maximum atomic E-state index is 13.3. The van der Waals surface area contributed by atoms with Crippen LogP contribution in [0.2, 0.25) is 0 Å². The molecule has 1 rings (SSSR count). The van der Waals surface area contributed by atoms with Crippen LogP contribution in [0.5, 0.6) is 0 Å². The minimum atomic E-state index is -1.52. The Hall–Kier alpha value is -6.11. The van der Waals surface area contributed by atoms with Crippen molar-refractivity contribution >= 4 is 65.2 Å². The number of nitrogens with one attached hydrogen (secondary N) is 7. The highest BCUT2D eigenvalue weighted by molar-refractivity contribution is 5.97. The molecule has 320 valence electrons. The number of hydrogen-bond acceptors (Lipinski definition) is 13. The van der Waals surface area contributed by atoms with Gasteiger partial charge in [-0.2, -0.15) is 0 Å². The first-order valence-electron chi connectivity index (χ1n) is 17.9. The second-order valence-corrected chi connectivity index (χ2v) is 13.1. The number of aliphatic hydroxyl groups excluding tert-OH is 1. The number of nitrogens with zero attached hydrogens (tertiary/aromatic N) is 2. The molecule has 8 amide bonds. The number of hydrogen-bond donors (Lipinski definition) is 13. The molecule has 0 aliphatic carbocycles. The summed E-state index contributed by atoms with van der Waals surface area (Å²) in [6.07, 6.45) is -1.30. The number of amides is 8. The zero-order valence-corrected chi connectivity index (χ0v) is 31.9. The first-order chi connectivity index (χ1) is 26.6. The molecule has 1 aliphatic rings. The molecule has 7 atom stereocenters. The molecule has 0 spiro atoms. The van der Waals surface area contributed by atoms with Crippen LogP contribution >= 0.6 is 0 Å². The fourth-order valence-corrected chi connectivity index (χ4v) is 5.15. The molecule has 0 aromatic heterocycles. The lowest BCUT2D eigenvalue weighted by Crippen LogP contribution is -2.58. The van der Waals surface area contributed by atoms with Crippen molar-refractivity contribution in [2.45, 2.75) is 102 Å². The number of aliphatic imine (C=N–C) groups is 1. The van der Waals surface area contributed by atoms with E-state index in [9.17, 15) is 58.2 Å². The first-order valence-corrected chi connectivity index (χ1v) is 17.9. The van der Waals surface area contributed by atoms with Gasteiger partial charge in [-0.25, -0.2) is 0 Å². The molecule has 1 fully saturated rings. The lowest BCUT2D eigenvalue weighted by atomic mass is 10.1. The highest BCUT2D eigenvalue weighted by Gasteiger charge is 2.37. The van der Waals surface area contributed by atoms with Crippen molar-refractivity contribution in [1.82, 2.24) is 42.1 Å². The van der Waals surface area contributed by atoms with E-state index < -0.39 is 134 Å². The van der Waals surface area contributed by atoms with E-state index in [-0.39, 0.29) is 38.3 Å². The van der Waals surface area contributed by atoms with Gasteiger partial charge in [-0.15, -0.1) is 0 Å². The number of carboxylic acids is 2. The van der Waals surface area contributed by atoms with E-state index in [0.29, 0.717) is 6.42 Å². The topological polar surface area (TPSA) is 409 Å². The van der Waals surface area contributed by atoms with Crippen molar-refractivity contribution in [2.75, 3.05) is 32.7 Å². The van der Waals surface area contributed by atoms with Crippen molar-refractivity contribution < 1.29 is 63.3 Å². The van der Waals surface area contributed by atoms with Gasteiger partial charge in [0.25, 0.3) is 0 Å². The monoisotopic (exact) mass is 814 g/mol. The summed E-state index contributed by atoms with van der Waals surface area (Å²) in [5.74, 6) is -9.45. The fourth-order valence-electron chi connectivity index (χ4n) is 5.15. The highest BCUT2D eigenvalue weighted by atomic mass is 16.4. The van der Waals surface area contributed by atoms with Crippen LogP contribution in [0.15, 0.2) is 4.99 Å². The minimum Gasteiger partial charge on any atom is -0.481 e. The number of likely N-dealkylation sites (tertiary alicyclic amines) is 1. The SMILES string of the molecule is C[C@H](NC(=O)[C@H](CCCN=C(N)N)NC(=O)CNC(=O)[C@@H]1CCCN1C(=O)[C@@H](N)[C@@H](C)O)C(=O)N[C@@H](CCC(=O)O)C(=O)N[C@@H](C)C(=O)NCC(=O)NCC(=O)O. The molecular formula is C32H54N12O13. The molecule has 57 heavy (non-hydrogen) atoms. The number of carbonyl (C=O) groups is 10. The summed E-state index contributed by atoms with van der Waals surface area (Å²) in [7, 11) is 0. The lowest BCUT2D eigenvalue weighted by molar-refractivity contribution is -0.141. The zero-order chi connectivity index (χ0) is 43.4. The third-order valence-electron chi connectivity index (χ3n) is 8.31. The van der Waals surface area contributed by atoms with Crippen molar-refractivity contribution in [3.63, 3.8) is 0 Å². The zero-order valence-electron chi connectivity index (χ0n) is 31.9. The van der Waals surface area contributed by atoms with Crippen molar-refractivity contribution in [1.29, 1.82) is 0 Å². The van der Waals surface area contributed by atoms with Gasteiger partial charge >= 0.3 is 11.9 Å². The molecule has 0 unspecified atom stereocenters. The third kappa shape index (κ3) is 18.4. The van der Waals surface area contributed by atoms with Crippen LogP contribution < -0.4 is 54.4 Å². The molecular weight excluding hydrogens is 760 g/mol. The van der Waals surface area contributed by atoms with E-state index in [1.807, 2.05) is 5.32 Å². The smallest absolute Gasteiger partial charge is 0.322 e. The van der Waals surface area contributed by atoms with Gasteiger partial charge in [-0.3, -0.25) is 52.9 Å². The van der Waals surface area contributed by atoms with Crippen LogP contribution in [0.4, 0.5) is 0 Å². The van der Waals surface area contributed by atoms with Crippen LogP contribution in [0.1, 0.15) is 59.3 Å². The van der Waals surface area contributed by atoms with Gasteiger partial charge in [0.15, 0.2) is 5.96 Å². The molecule has 25 heteroatoms. The van der Waals surface area contributed by atoms with Crippen molar-refractivity contribution in [3.05, 3.63) is 0 Å². The summed E-state index contributed by atoms with van der Waals surface area (Å²) in [4.78, 5) is 129. The summed E-state index contributed by atoms with van der Waals surface area (Å²) in [5.41, 5.74) is 16.4. The Morgan fingerprint density at radius 2 is 1.30 bits per heavy atom. The molecule has 25 nitrogen and oxygen atoms in total. The normalized spacial score (nSPS) is 16.5. The summed E-state index contributed by atoms with van der Waals surface area (Å²) in [6.45, 7) is 2.17. The van der Waals surface area contributed by atoms with Gasteiger partial charge in [0.05, 0.1) is 19.2 Å². The lowest BCUT2D eigenvalue weighted by Gasteiger charge is -2.27. The number of nitrogens with two attached hydrogens (primary N) is 3. The van der Waals surface area contributed by atoms with E-state index >= 15 is 0 Å². The molecule has 16 N–H and O–H groups in total. The number of aliphatic hydroxyl groups is 1. The Morgan fingerprint density at radius 3 is 1.86 bits per heavy atom. The highest BCUT2D eigenvalue weighted by Crippen LogP contribution is 2.19. The van der Waals surface area contributed by atoms with Crippen molar-refractivity contribution in [3.8, 4) is 0 Å². The minimum absolute atomic E-state index is 0.0520. The molecule has 1 saturated heterocycles. The van der Waals surface area contributed by atoms with Crippen LogP contribution in [-0.2, 0) is 47.9 Å². The molecule has 1 aliphatic heterocycles. The van der Waals surface area contributed by atoms with Gasteiger partial charge < -0.3 is 74.6 Å². The quantitative estimate of drug-likeness (QED) is 0.0245. The standard InChI is InChI=1S/C32H54N12O13/c1-15(26(52)38-12-21(46)37-14-24(50)51)40-29(55)19(8-9-23(48)49)43-27(53)16(2)41-28(54)18(6-4-10-36-32(34)35)42-22(47)13-39-30(56)20-7-5-11-44(20)31(57)25(33)17(3)45/h15-20,25,45H,4-14,33H2,1-3H3,(H,37,46)(H,38,52)(H,39,56)(H,40,55)(H,41,54)(H,42,47)(H,43,53)(H,48,49)(H,50,51)(H4,34,35,36)/t15-,16-,17+,18-,19-,20-,25-/m0/s1. The number of carboxylic acid groups (broad SMARTS) is 2. The number of aliphatic carboxylic acids is 2. The van der Waals surface area contributed by atoms with E-state index in [2.05, 4.69) is 36.9 Å². The van der Waals surface area contributed by atoms with Gasteiger partial charge in [0, 0.05) is 19.5 Å². The number of rotatable bonds is 24. The van der Waals surface area contributed by atoms with Crippen LogP contribution in [0, 0.1) is 0 Å². The van der Waals surface area contributed by atoms with Crippen molar-refractivity contribution in [2.24, 2.45) is 22.2 Å². The number of guanidine groups is 1. The Balaban J connectivity index is 2.94. The number of carbonyl (C=O) groups excluding carboxylic acids is 8. The first kappa shape index (κ1) is 48.9. The molecule has 0 aromatic rings. The molecule has 0 radical (unpaired) electrons. The Kier molecular flexibility index (Phi) is 20.9. The van der Waals surface area contributed by atoms with E-state index in [1.54, 1.807) is 0 Å². The summed E-state index contributed by atoms with van der Waals surface area (Å²) in [5, 5.41) is 43.6. The van der Waals surface area contributed by atoms with Gasteiger partial charge in [-0.1, -0.05) is 0 Å². The third-order valence-corrected chi connectivity index (χ3v) is 8.31. The Bertz CT molecular complexity index is 1520. The fraction of sp³-hybridized carbons (Fsp3) is 0.656. The van der Waals surface area contributed by atoms with E-state index in [0.717, 1.165) is 0 Å². The van der Waals surface area contributed by atoms with Crippen LogP contribution in [0.25, 0.3) is 0 Å². The molecule has 0 bridgehead atoms. The second-order valence-electron chi connectivity index (χ2n) is 13.1. The van der Waals surface area contributed by atoms with E-state index in [4.69, 9.17) is 22.3 Å². The maximum Gasteiger partial charge on any atom is 0.322 e. The molecule has 1 heterocycles. The largest absolute Gasteiger partial charge is 0.481 e. The predicted octanol–water partition coefficient (Wildman–Crippen LogP) is -6.98. The molecule has 0 aromatic carbocycles. The van der Waals surface area contributed by atoms with Crippen LogP contribution in [0.3, 0.4) is 0 Å². The average molecular weight is 815 g/mol. The Labute approximate surface area is 327 Å². The summed E-state index contributed by atoms with van der Waals surface area (Å²) in [6, 6.07) is -7.69. The predicted molar refractivity (Wildman–Crippen MR) is 197 cm³/mol. The van der Waals surface area contributed by atoms with Gasteiger partial charge in [-0.05, 0) is 52.9 Å². The molecule has 0 saturated carbocycles. The summed E-state index contributed by atoms with van der Waals surface area (Å²) < 4.78 is 0. The maximum absolute atomic E-state index is 13.3.